The maximum Gasteiger partial charge on any atom is 0.352 e. The average Bonchev–Trinajstić information content (AvgIpc) is 2.94. The van der Waals surface area contributed by atoms with Crippen LogP contribution in [0.15, 0.2) is 47.5 Å². The summed E-state index contributed by atoms with van der Waals surface area (Å²) in [4.78, 5) is 28.9. The van der Waals surface area contributed by atoms with Crippen molar-refractivity contribution < 1.29 is 9.18 Å². The molecule has 0 saturated heterocycles. The topological polar surface area (TPSA) is 81.3 Å². The Morgan fingerprint density at radius 2 is 2.07 bits per heavy atom. The van der Waals surface area contributed by atoms with Crippen LogP contribution in [0.4, 0.5) is 10.1 Å². The van der Waals surface area contributed by atoms with E-state index in [9.17, 15) is 14.0 Å². The van der Waals surface area contributed by atoms with Crippen molar-refractivity contribution in [2.75, 3.05) is 5.32 Å². The Kier molecular flexibility index (Phi) is 4.12. The molecule has 1 N–H and O–H groups in total. The number of carbonyl (C=O) groups is 1. The first-order valence-corrected chi connectivity index (χ1v) is 8.39. The Morgan fingerprint density at radius 1 is 1.26 bits per heavy atom. The molecule has 2 aromatic heterocycles. The largest absolute Gasteiger partial charge is 0.352 e. The van der Waals surface area contributed by atoms with Crippen LogP contribution in [0.3, 0.4) is 0 Å². The van der Waals surface area contributed by atoms with Crippen LogP contribution in [0.5, 0.6) is 0 Å². The minimum Gasteiger partial charge on any atom is -0.324 e. The molecule has 9 heteroatoms. The zero-order valence-electron chi connectivity index (χ0n) is 14.1. The van der Waals surface area contributed by atoms with E-state index in [2.05, 4.69) is 15.4 Å². The number of anilines is 1. The van der Waals surface area contributed by atoms with Crippen LogP contribution >= 0.6 is 11.6 Å². The van der Waals surface area contributed by atoms with Gasteiger partial charge in [-0.1, -0.05) is 17.7 Å². The molecular formula is C18H13ClFN5O2. The lowest BCUT2D eigenvalue weighted by atomic mass is 10.2. The van der Waals surface area contributed by atoms with Gasteiger partial charge in [-0.05, 0) is 36.8 Å². The molecule has 0 aliphatic heterocycles. The number of rotatable bonds is 3. The highest BCUT2D eigenvalue weighted by Gasteiger charge is 2.14. The first-order chi connectivity index (χ1) is 12.9. The van der Waals surface area contributed by atoms with Crippen molar-refractivity contribution >= 4 is 39.7 Å². The van der Waals surface area contributed by atoms with Gasteiger partial charge in [0.2, 0.25) is 5.91 Å². The molecule has 0 bridgehead atoms. The number of hydrogen-bond donors (Lipinski definition) is 1. The van der Waals surface area contributed by atoms with Crippen LogP contribution in [0.1, 0.15) is 5.56 Å². The van der Waals surface area contributed by atoms with Gasteiger partial charge in [0, 0.05) is 22.2 Å². The van der Waals surface area contributed by atoms with Crippen LogP contribution in [0.2, 0.25) is 5.02 Å². The fraction of sp³-hybridized carbons (Fsp3) is 0.111. The quantitative estimate of drug-likeness (QED) is 0.588. The van der Waals surface area contributed by atoms with E-state index in [0.717, 1.165) is 10.2 Å². The second kappa shape index (κ2) is 6.48. The van der Waals surface area contributed by atoms with Crippen molar-refractivity contribution in [1.82, 2.24) is 19.2 Å². The lowest BCUT2D eigenvalue weighted by molar-refractivity contribution is -0.117. The third kappa shape index (κ3) is 3.15. The number of hydrogen-bond acceptors (Lipinski definition) is 4. The van der Waals surface area contributed by atoms with E-state index >= 15 is 0 Å². The summed E-state index contributed by atoms with van der Waals surface area (Å²) in [5, 5.41) is 7.93. The maximum absolute atomic E-state index is 13.4. The van der Waals surface area contributed by atoms with Gasteiger partial charge in [0.05, 0.1) is 5.52 Å². The summed E-state index contributed by atoms with van der Waals surface area (Å²) in [6, 6.07) is 9.16. The molecule has 0 spiro atoms. The molecule has 0 atom stereocenters. The van der Waals surface area contributed by atoms with E-state index in [4.69, 9.17) is 11.6 Å². The Labute approximate surface area is 157 Å². The van der Waals surface area contributed by atoms with Crippen molar-refractivity contribution in [2.24, 2.45) is 0 Å². The molecule has 0 aliphatic carbocycles. The molecule has 7 nitrogen and oxygen atoms in total. The first kappa shape index (κ1) is 17.2. The summed E-state index contributed by atoms with van der Waals surface area (Å²) >= 11 is 5.95. The van der Waals surface area contributed by atoms with Crippen molar-refractivity contribution in [3.63, 3.8) is 0 Å². The van der Waals surface area contributed by atoms with E-state index in [1.54, 1.807) is 18.2 Å². The number of halogens is 2. The van der Waals surface area contributed by atoms with E-state index in [1.807, 2.05) is 6.92 Å². The van der Waals surface area contributed by atoms with Crippen LogP contribution in [0, 0.1) is 12.7 Å². The van der Waals surface area contributed by atoms with Gasteiger partial charge in [-0.25, -0.2) is 23.3 Å². The van der Waals surface area contributed by atoms with Gasteiger partial charge < -0.3 is 5.32 Å². The molecule has 27 heavy (non-hydrogen) atoms. The van der Waals surface area contributed by atoms with E-state index in [0.29, 0.717) is 27.3 Å². The highest BCUT2D eigenvalue weighted by molar-refractivity contribution is 6.31. The zero-order valence-corrected chi connectivity index (χ0v) is 14.9. The number of aryl methyl sites for hydroxylation is 1. The fourth-order valence-corrected chi connectivity index (χ4v) is 2.96. The van der Waals surface area contributed by atoms with Crippen molar-refractivity contribution in [1.29, 1.82) is 0 Å². The number of carbonyl (C=O) groups excluding carboxylic acids is 1. The number of aromatic nitrogens is 4. The summed E-state index contributed by atoms with van der Waals surface area (Å²) in [7, 11) is 0. The predicted molar refractivity (Wildman–Crippen MR) is 99.5 cm³/mol. The van der Waals surface area contributed by atoms with Crippen LogP contribution in [-0.4, -0.2) is 25.1 Å². The van der Waals surface area contributed by atoms with Crippen LogP contribution in [0.25, 0.3) is 16.6 Å². The fourth-order valence-electron chi connectivity index (χ4n) is 2.79. The van der Waals surface area contributed by atoms with Crippen LogP contribution < -0.4 is 11.0 Å². The monoisotopic (exact) mass is 385 g/mol. The Balaban J connectivity index is 1.68. The molecule has 4 rings (SSSR count). The minimum atomic E-state index is -0.512. The molecule has 136 valence electrons. The Morgan fingerprint density at radius 3 is 2.89 bits per heavy atom. The van der Waals surface area contributed by atoms with Crippen molar-refractivity contribution in [2.45, 2.75) is 13.5 Å². The molecule has 0 aliphatic rings. The molecule has 2 aromatic carbocycles. The minimum absolute atomic E-state index is 0.283. The molecule has 0 saturated carbocycles. The molecular weight excluding hydrogens is 373 g/mol. The molecule has 0 unspecified atom stereocenters. The molecule has 2 heterocycles. The Bertz CT molecular complexity index is 1260. The average molecular weight is 386 g/mol. The zero-order chi connectivity index (χ0) is 19.1. The van der Waals surface area contributed by atoms with Gasteiger partial charge in [-0.3, -0.25) is 4.79 Å². The second-order valence-corrected chi connectivity index (χ2v) is 6.48. The van der Waals surface area contributed by atoms with Gasteiger partial charge in [-0.15, -0.1) is 5.10 Å². The van der Waals surface area contributed by atoms with Gasteiger partial charge in [0.15, 0.2) is 5.65 Å². The number of nitrogens with one attached hydrogen (secondary N) is 1. The molecule has 0 radical (unpaired) electrons. The van der Waals surface area contributed by atoms with E-state index in [1.165, 1.54) is 28.9 Å². The molecule has 1 amide bonds. The third-order valence-electron chi connectivity index (χ3n) is 4.15. The summed E-state index contributed by atoms with van der Waals surface area (Å²) in [5.41, 5.74) is 1.57. The van der Waals surface area contributed by atoms with Gasteiger partial charge in [0.1, 0.15) is 18.7 Å². The van der Waals surface area contributed by atoms with Crippen molar-refractivity contribution in [3.8, 4) is 0 Å². The Hall–Kier alpha value is -3.26. The van der Waals surface area contributed by atoms with Gasteiger partial charge >= 0.3 is 5.69 Å². The number of benzene rings is 2. The van der Waals surface area contributed by atoms with Crippen LogP contribution in [-0.2, 0) is 11.3 Å². The summed E-state index contributed by atoms with van der Waals surface area (Å²) < 4.78 is 15.6. The van der Waals surface area contributed by atoms with E-state index in [-0.39, 0.29) is 6.54 Å². The lowest BCUT2D eigenvalue weighted by Gasteiger charge is -2.08. The summed E-state index contributed by atoms with van der Waals surface area (Å²) in [5.74, 6) is -0.855. The first-order valence-electron chi connectivity index (χ1n) is 8.02. The SMILES string of the molecule is Cc1ccc(Cl)cc1NC(=O)Cn1nc2c3ccc(F)cc3ncn2c1=O. The van der Waals surface area contributed by atoms with E-state index < -0.39 is 17.4 Å². The number of amides is 1. The smallest absolute Gasteiger partial charge is 0.324 e. The summed E-state index contributed by atoms with van der Waals surface area (Å²) in [6.45, 7) is 1.55. The standard InChI is InChI=1S/C18H13ClFN5O2/c1-10-2-3-11(19)6-14(10)22-16(26)8-25-18(27)24-9-21-15-7-12(20)4-5-13(15)17(24)23-25/h2-7,9H,8H2,1H3,(H,22,26). The molecule has 0 fully saturated rings. The number of fused-ring (bicyclic) bond motifs is 3. The van der Waals surface area contributed by atoms with Crippen molar-refractivity contribution in [3.05, 3.63) is 69.6 Å². The normalized spacial score (nSPS) is 11.2. The second-order valence-electron chi connectivity index (χ2n) is 6.05. The highest BCUT2D eigenvalue weighted by atomic mass is 35.5. The summed E-state index contributed by atoms with van der Waals surface area (Å²) in [6.07, 6.45) is 1.27. The predicted octanol–water partition coefficient (Wildman–Crippen LogP) is 2.78. The van der Waals surface area contributed by atoms with Gasteiger partial charge in [-0.2, -0.15) is 0 Å². The third-order valence-corrected chi connectivity index (χ3v) is 4.39. The van der Waals surface area contributed by atoms with Gasteiger partial charge in [0.25, 0.3) is 0 Å². The maximum atomic E-state index is 13.4. The highest BCUT2D eigenvalue weighted by Crippen LogP contribution is 2.20. The molecule has 4 aromatic rings. The number of nitrogens with zero attached hydrogens (tertiary/aromatic N) is 4. The lowest BCUT2D eigenvalue weighted by Crippen LogP contribution is -2.28.